The number of carbonyl (C=O) groups excluding carboxylic acids is 1. The normalized spacial score (nSPS) is 14.3. The number of morpholine rings is 1. The largest absolute Gasteiger partial charge is 0.496 e. The Balaban J connectivity index is 1.18. The van der Waals surface area contributed by atoms with Gasteiger partial charge in [-0.25, -0.2) is 8.42 Å². The zero-order valence-corrected chi connectivity index (χ0v) is 21.4. The van der Waals surface area contributed by atoms with Gasteiger partial charge in [0.15, 0.2) is 11.5 Å². The van der Waals surface area contributed by atoms with Crippen molar-refractivity contribution in [1.82, 2.24) is 29.4 Å². The monoisotopic (exact) mass is 538 g/mol. The van der Waals surface area contributed by atoms with Gasteiger partial charge in [0, 0.05) is 24.7 Å². The summed E-state index contributed by atoms with van der Waals surface area (Å²) in [6.07, 6.45) is 0. The molecule has 4 aromatic rings. The minimum Gasteiger partial charge on any atom is -0.496 e. The van der Waals surface area contributed by atoms with Crippen LogP contribution < -0.4 is 14.8 Å². The van der Waals surface area contributed by atoms with Gasteiger partial charge in [0.05, 0.1) is 37.3 Å². The van der Waals surface area contributed by atoms with Crippen molar-refractivity contribution in [2.45, 2.75) is 4.90 Å². The fraction of sp³-hybridized carbons (Fsp3) is 0.280. The molecule has 5 rings (SSSR count). The molecular formula is C25H26N6O6S. The molecule has 0 atom stereocenters. The number of rotatable bonds is 9. The molecule has 12 nitrogen and oxygen atoms in total. The molecule has 0 spiro atoms. The van der Waals surface area contributed by atoms with Crippen LogP contribution in [0.3, 0.4) is 0 Å². The number of sulfonamides is 1. The highest BCUT2D eigenvalue weighted by molar-refractivity contribution is 7.89. The number of nitrogens with zero attached hydrogens (tertiary/aromatic N) is 5. The number of ether oxygens (including phenoxy) is 3. The molecule has 0 unspecified atom stereocenters. The van der Waals surface area contributed by atoms with Crippen molar-refractivity contribution >= 4 is 21.6 Å². The first-order valence-electron chi connectivity index (χ1n) is 11.9. The van der Waals surface area contributed by atoms with Gasteiger partial charge in [0.1, 0.15) is 12.4 Å². The summed E-state index contributed by atoms with van der Waals surface area (Å²) in [6, 6.07) is 16.7. The molecule has 1 fully saturated rings. The maximum Gasteiger partial charge on any atom is 0.251 e. The Morgan fingerprint density at radius 2 is 1.79 bits per heavy atom. The van der Waals surface area contributed by atoms with Gasteiger partial charge >= 0.3 is 0 Å². The summed E-state index contributed by atoms with van der Waals surface area (Å²) < 4.78 is 44.8. The zero-order valence-electron chi connectivity index (χ0n) is 20.6. The molecule has 1 saturated heterocycles. The minimum absolute atomic E-state index is 0.141. The number of hydrogen-bond donors (Lipinski definition) is 1. The molecule has 1 amide bonds. The Morgan fingerprint density at radius 1 is 1.03 bits per heavy atom. The molecule has 1 aliphatic rings. The molecule has 0 saturated carbocycles. The van der Waals surface area contributed by atoms with E-state index < -0.39 is 10.0 Å². The summed E-state index contributed by atoms with van der Waals surface area (Å²) >= 11 is 0. The van der Waals surface area contributed by atoms with Gasteiger partial charge in [0.25, 0.3) is 5.91 Å². The Kier molecular flexibility index (Phi) is 7.49. The van der Waals surface area contributed by atoms with E-state index in [1.807, 2.05) is 24.3 Å². The zero-order chi connectivity index (χ0) is 26.5. The Bertz CT molecular complexity index is 1530. The van der Waals surface area contributed by atoms with Gasteiger partial charge in [0.2, 0.25) is 15.9 Å². The second-order valence-corrected chi connectivity index (χ2v) is 10.2. The second kappa shape index (κ2) is 11.1. The average molecular weight is 539 g/mol. The highest BCUT2D eigenvalue weighted by Gasteiger charge is 2.26. The van der Waals surface area contributed by atoms with Crippen molar-refractivity contribution in [1.29, 1.82) is 0 Å². The van der Waals surface area contributed by atoms with Crippen molar-refractivity contribution in [3.63, 3.8) is 0 Å². The molecular weight excluding hydrogens is 512 g/mol. The predicted octanol–water partition coefficient (Wildman–Crippen LogP) is 1.63. The summed E-state index contributed by atoms with van der Waals surface area (Å²) in [5, 5.41) is 15.6. The van der Waals surface area contributed by atoms with Crippen molar-refractivity contribution in [3.8, 4) is 23.0 Å². The molecule has 3 heterocycles. The van der Waals surface area contributed by atoms with Crippen LogP contribution in [0.1, 0.15) is 10.4 Å². The number of nitrogens with one attached hydrogen (secondary N) is 1. The van der Waals surface area contributed by atoms with Crippen molar-refractivity contribution in [2.75, 3.05) is 46.6 Å². The van der Waals surface area contributed by atoms with E-state index in [2.05, 4.69) is 20.6 Å². The first-order valence-corrected chi connectivity index (χ1v) is 13.4. The van der Waals surface area contributed by atoms with Crippen molar-refractivity contribution in [2.24, 2.45) is 0 Å². The van der Waals surface area contributed by atoms with Crippen LogP contribution in [0.25, 0.3) is 17.0 Å². The molecule has 2 aromatic heterocycles. The molecule has 2 aromatic carbocycles. The van der Waals surface area contributed by atoms with E-state index in [-0.39, 0.29) is 24.0 Å². The topological polar surface area (TPSA) is 137 Å². The van der Waals surface area contributed by atoms with Crippen LogP contribution in [0.4, 0.5) is 0 Å². The number of methoxy groups -OCH3 is 1. The first-order chi connectivity index (χ1) is 18.5. The molecule has 13 heteroatoms. The molecule has 0 radical (unpaired) electrons. The number of carbonyl (C=O) groups is 1. The number of para-hydroxylation sites is 1. The van der Waals surface area contributed by atoms with E-state index in [9.17, 15) is 13.2 Å². The number of hydrogen-bond acceptors (Lipinski definition) is 9. The predicted molar refractivity (Wildman–Crippen MR) is 137 cm³/mol. The smallest absolute Gasteiger partial charge is 0.251 e. The lowest BCUT2D eigenvalue weighted by molar-refractivity contribution is 0.0730. The molecule has 1 aliphatic heterocycles. The number of amides is 1. The van der Waals surface area contributed by atoms with Gasteiger partial charge in [-0.05, 0) is 42.5 Å². The maximum atomic E-state index is 12.7. The lowest BCUT2D eigenvalue weighted by Gasteiger charge is -2.26. The Morgan fingerprint density at radius 3 is 2.55 bits per heavy atom. The highest BCUT2D eigenvalue weighted by atomic mass is 32.2. The first kappa shape index (κ1) is 25.6. The molecule has 198 valence electrons. The van der Waals surface area contributed by atoms with Crippen molar-refractivity contribution < 1.29 is 27.4 Å². The van der Waals surface area contributed by atoms with Crippen LogP contribution >= 0.6 is 0 Å². The van der Waals surface area contributed by atoms with E-state index in [0.717, 1.165) is 5.56 Å². The second-order valence-electron chi connectivity index (χ2n) is 8.31. The summed E-state index contributed by atoms with van der Waals surface area (Å²) in [4.78, 5) is 12.7. The minimum atomic E-state index is -3.62. The van der Waals surface area contributed by atoms with Crippen molar-refractivity contribution in [3.05, 3.63) is 66.2 Å². The summed E-state index contributed by atoms with van der Waals surface area (Å²) in [5.74, 6) is 1.14. The van der Waals surface area contributed by atoms with E-state index >= 15 is 0 Å². The summed E-state index contributed by atoms with van der Waals surface area (Å²) in [5.41, 5.74) is 1.63. The molecule has 0 bridgehead atoms. The van der Waals surface area contributed by atoms with Crippen LogP contribution in [-0.4, -0.2) is 85.0 Å². The number of fused-ring (bicyclic) bond motifs is 1. The van der Waals surface area contributed by atoms with Gasteiger partial charge in [-0.15, -0.1) is 15.3 Å². The standard InChI is InChI=1S/C25H26N6O6S/c1-35-21-5-3-2-4-20(21)24-28-27-22-10-11-23(29-31(22)24)37-15-12-26-25(32)18-6-8-19(9-7-18)38(33,34)30-13-16-36-17-14-30/h2-11H,12-17H2,1H3,(H,26,32). The van der Waals surface area contributed by atoms with Crippen LogP contribution in [0.5, 0.6) is 11.6 Å². The Labute approximate surface area is 219 Å². The molecule has 38 heavy (non-hydrogen) atoms. The van der Waals surface area contributed by atoms with Crippen LogP contribution in [0.15, 0.2) is 65.6 Å². The quantitative estimate of drug-likeness (QED) is 0.315. The molecule has 1 N–H and O–H groups in total. The SMILES string of the molecule is COc1ccccc1-c1nnc2ccc(OCCNC(=O)c3ccc(S(=O)(=O)N4CCOCC4)cc3)nn12. The van der Waals surface area contributed by atoms with Gasteiger partial charge < -0.3 is 19.5 Å². The lowest BCUT2D eigenvalue weighted by Crippen LogP contribution is -2.40. The Hall–Kier alpha value is -4.07. The highest BCUT2D eigenvalue weighted by Crippen LogP contribution is 2.28. The summed E-state index contributed by atoms with van der Waals surface area (Å²) in [7, 11) is -2.03. The van der Waals surface area contributed by atoms with E-state index in [0.29, 0.717) is 55.0 Å². The van der Waals surface area contributed by atoms with Gasteiger partial charge in [-0.3, -0.25) is 4.79 Å². The van der Waals surface area contributed by atoms with E-state index in [1.165, 1.54) is 28.6 Å². The van der Waals surface area contributed by atoms with Gasteiger partial charge in [-0.1, -0.05) is 12.1 Å². The van der Waals surface area contributed by atoms with E-state index in [4.69, 9.17) is 14.2 Å². The van der Waals surface area contributed by atoms with Crippen LogP contribution in [-0.2, 0) is 14.8 Å². The third-order valence-electron chi connectivity index (χ3n) is 5.95. The number of benzene rings is 2. The average Bonchev–Trinajstić information content (AvgIpc) is 3.39. The maximum absolute atomic E-state index is 12.7. The fourth-order valence-electron chi connectivity index (χ4n) is 3.98. The van der Waals surface area contributed by atoms with Gasteiger partial charge in [-0.2, -0.15) is 8.82 Å². The lowest BCUT2D eigenvalue weighted by atomic mass is 10.2. The molecule has 0 aliphatic carbocycles. The number of aromatic nitrogens is 4. The van der Waals surface area contributed by atoms with E-state index in [1.54, 1.807) is 23.8 Å². The third kappa shape index (κ3) is 5.30. The van der Waals surface area contributed by atoms with Crippen LogP contribution in [0.2, 0.25) is 0 Å². The fourth-order valence-corrected chi connectivity index (χ4v) is 5.39. The van der Waals surface area contributed by atoms with Crippen LogP contribution in [0, 0.1) is 0 Å². The third-order valence-corrected chi connectivity index (χ3v) is 7.86. The summed E-state index contributed by atoms with van der Waals surface area (Å²) in [6.45, 7) is 1.74.